The normalized spacial score (nSPS) is 10.6. The van der Waals surface area contributed by atoms with Gasteiger partial charge in [0.15, 0.2) is 5.76 Å². The van der Waals surface area contributed by atoms with Gasteiger partial charge < -0.3 is 14.9 Å². The first-order chi connectivity index (χ1) is 9.65. The van der Waals surface area contributed by atoms with Gasteiger partial charge in [-0.15, -0.1) is 0 Å². The van der Waals surface area contributed by atoms with Gasteiger partial charge in [-0.1, -0.05) is 17.3 Å². The summed E-state index contributed by atoms with van der Waals surface area (Å²) >= 11 is 0. The second-order valence-corrected chi connectivity index (χ2v) is 3.96. The van der Waals surface area contributed by atoms with Crippen molar-refractivity contribution in [1.82, 2.24) is 10.5 Å². The van der Waals surface area contributed by atoms with Crippen LogP contribution >= 0.6 is 0 Å². The van der Waals surface area contributed by atoms with E-state index < -0.39 is 5.97 Å². The molecule has 20 heavy (non-hydrogen) atoms. The molecule has 0 bridgehead atoms. The lowest BCUT2D eigenvalue weighted by Crippen LogP contribution is -2.22. The molecular formula is C14H12N2O4. The SMILES string of the molecule is O=C(O)/C=C/c1cccc(C(=O)NCc2ccno2)c1. The Bertz CT molecular complexity index is 632. The Hall–Kier alpha value is -2.89. The summed E-state index contributed by atoms with van der Waals surface area (Å²) in [6.07, 6.45) is 3.94. The number of carbonyl (C=O) groups is 2. The van der Waals surface area contributed by atoms with E-state index in [9.17, 15) is 9.59 Å². The van der Waals surface area contributed by atoms with Gasteiger partial charge in [0.05, 0.1) is 12.7 Å². The standard InChI is InChI=1S/C14H12N2O4/c17-13(18)5-4-10-2-1-3-11(8-10)14(19)15-9-12-6-7-16-20-12/h1-8H,9H2,(H,15,19)(H,17,18)/b5-4+. The number of hydrogen-bond donors (Lipinski definition) is 2. The van der Waals surface area contributed by atoms with E-state index in [-0.39, 0.29) is 12.5 Å². The third-order valence-electron chi connectivity index (χ3n) is 2.48. The van der Waals surface area contributed by atoms with Crippen LogP contribution in [-0.4, -0.2) is 22.1 Å². The van der Waals surface area contributed by atoms with E-state index >= 15 is 0 Å². The summed E-state index contributed by atoms with van der Waals surface area (Å²) in [4.78, 5) is 22.4. The van der Waals surface area contributed by atoms with Crippen molar-refractivity contribution in [2.75, 3.05) is 0 Å². The number of carboxylic acid groups (broad SMARTS) is 1. The van der Waals surface area contributed by atoms with E-state index in [1.54, 1.807) is 30.3 Å². The molecular weight excluding hydrogens is 260 g/mol. The van der Waals surface area contributed by atoms with Crippen molar-refractivity contribution in [2.45, 2.75) is 6.54 Å². The topological polar surface area (TPSA) is 92.4 Å². The zero-order valence-corrected chi connectivity index (χ0v) is 10.4. The van der Waals surface area contributed by atoms with Crippen LogP contribution in [0.5, 0.6) is 0 Å². The molecule has 0 saturated carbocycles. The molecule has 6 heteroatoms. The number of nitrogens with zero attached hydrogens (tertiary/aromatic N) is 1. The second kappa shape index (κ2) is 6.33. The molecule has 1 aromatic heterocycles. The van der Waals surface area contributed by atoms with Crippen LogP contribution in [0.25, 0.3) is 6.08 Å². The number of carboxylic acids is 1. The van der Waals surface area contributed by atoms with E-state index in [1.165, 1.54) is 12.3 Å². The molecule has 6 nitrogen and oxygen atoms in total. The fourth-order valence-electron chi connectivity index (χ4n) is 1.55. The van der Waals surface area contributed by atoms with Crippen molar-refractivity contribution in [2.24, 2.45) is 0 Å². The third kappa shape index (κ3) is 3.81. The van der Waals surface area contributed by atoms with E-state index in [2.05, 4.69) is 10.5 Å². The van der Waals surface area contributed by atoms with Crippen LogP contribution in [0.1, 0.15) is 21.7 Å². The monoisotopic (exact) mass is 272 g/mol. The van der Waals surface area contributed by atoms with Gasteiger partial charge >= 0.3 is 5.97 Å². The minimum absolute atomic E-state index is 0.244. The molecule has 0 atom stereocenters. The van der Waals surface area contributed by atoms with Crippen molar-refractivity contribution in [3.05, 3.63) is 59.5 Å². The molecule has 2 aromatic rings. The Morgan fingerprint density at radius 3 is 2.90 bits per heavy atom. The van der Waals surface area contributed by atoms with Crippen molar-refractivity contribution in [3.63, 3.8) is 0 Å². The quantitative estimate of drug-likeness (QED) is 0.808. The first kappa shape index (κ1) is 13.5. The fraction of sp³-hybridized carbons (Fsp3) is 0.0714. The molecule has 0 aliphatic rings. The number of hydrogen-bond acceptors (Lipinski definition) is 4. The second-order valence-electron chi connectivity index (χ2n) is 3.96. The number of aromatic nitrogens is 1. The number of rotatable bonds is 5. The van der Waals surface area contributed by atoms with Gasteiger partial charge in [0.25, 0.3) is 5.91 Å². The van der Waals surface area contributed by atoms with Crippen molar-refractivity contribution >= 4 is 18.0 Å². The Balaban J connectivity index is 2.02. The maximum absolute atomic E-state index is 11.9. The molecule has 0 aliphatic heterocycles. The summed E-state index contributed by atoms with van der Waals surface area (Å²) in [5.74, 6) is -0.752. The molecule has 0 fully saturated rings. The van der Waals surface area contributed by atoms with Gasteiger partial charge in [0.1, 0.15) is 0 Å². The summed E-state index contributed by atoms with van der Waals surface area (Å²) in [5.41, 5.74) is 1.08. The van der Waals surface area contributed by atoms with Crippen LogP contribution < -0.4 is 5.32 Å². The average molecular weight is 272 g/mol. The molecule has 2 rings (SSSR count). The molecule has 1 aromatic carbocycles. The lowest BCUT2D eigenvalue weighted by molar-refractivity contribution is -0.131. The van der Waals surface area contributed by atoms with E-state index in [4.69, 9.17) is 9.63 Å². The highest BCUT2D eigenvalue weighted by Crippen LogP contribution is 2.07. The number of aliphatic carboxylic acids is 1. The minimum atomic E-state index is -1.04. The zero-order valence-electron chi connectivity index (χ0n) is 10.4. The minimum Gasteiger partial charge on any atom is -0.478 e. The Morgan fingerprint density at radius 1 is 1.35 bits per heavy atom. The number of benzene rings is 1. The molecule has 0 radical (unpaired) electrons. The highest BCUT2D eigenvalue weighted by molar-refractivity contribution is 5.95. The number of carbonyl (C=O) groups excluding carboxylic acids is 1. The zero-order chi connectivity index (χ0) is 14.4. The highest BCUT2D eigenvalue weighted by atomic mass is 16.5. The van der Waals surface area contributed by atoms with E-state index in [0.717, 1.165) is 6.08 Å². The molecule has 1 heterocycles. The first-order valence-corrected chi connectivity index (χ1v) is 5.84. The van der Waals surface area contributed by atoms with Crippen LogP contribution in [0.4, 0.5) is 0 Å². The van der Waals surface area contributed by atoms with Crippen LogP contribution in [0, 0.1) is 0 Å². The Kier molecular flexibility index (Phi) is 4.28. The molecule has 1 amide bonds. The van der Waals surface area contributed by atoms with Crippen LogP contribution in [0.2, 0.25) is 0 Å². The number of nitrogens with one attached hydrogen (secondary N) is 1. The van der Waals surface area contributed by atoms with Crippen molar-refractivity contribution in [1.29, 1.82) is 0 Å². The Labute approximate surface area is 114 Å². The van der Waals surface area contributed by atoms with Gasteiger partial charge in [-0.05, 0) is 23.8 Å². The molecule has 0 saturated heterocycles. The van der Waals surface area contributed by atoms with Crippen LogP contribution in [0.3, 0.4) is 0 Å². The van der Waals surface area contributed by atoms with Crippen molar-refractivity contribution < 1.29 is 19.2 Å². The maximum Gasteiger partial charge on any atom is 0.328 e. The van der Waals surface area contributed by atoms with Gasteiger partial charge in [-0.25, -0.2) is 4.79 Å². The summed E-state index contributed by atoms with van der Waals surface area (Å²) < 4.78 is 4.87. The molecule has 102 valence electrons. The third-order valence-corrected chi connectivity index (χ3v) is 2.48. The highest BCUT2D eigenvalue weighted by Gasteiger charge is 2.06. The molecule has 0 unspecified atom stereocenters. The summed E-state index contributed by atoms with van der Waals surface area (Å²) in [6, 6.07) is 8.31. The molecule has 2 N–H and O–H groups in total. The summed E-state index contributed by atoms with van der Waals surface area (Å²) in [7, 11) is 0. The van der Waals surface area contributed by atoms with Gasteiger partial charge in [0.2, 0.25) is 0 Å². The Morgan fingerprint density at radius 2 is 2.20 bits per heavy atom. The maximum atomic E-state index is 11.9. The predicted octanol–water partition coefficient (Wildman–Crippen LogP) is 1.70. The first-order valence-electron chi connectivity index (χ1n) is 5.84. The van der Waals surface area contributed by atoms with E-state index in [0.29, 0.717) is 16.9 Å². The smallest absolute Gasteiger partial charge is 0.328 e. The van der Waals surface area contributed by atoms with Gasteiger partial charge in [-0.3, -0.25) is 4.79 Å². The summed E-state index contributed by atoms with van der Waals surface area (Å²) in [5, 5.41) is 14.8. The molecule has 0 spiro atoms. The predicted molar refractivity (Wildman–Crippen MR) is 70.8 cm³/mol. The van der Waals surface area contributed by atoms with Gasteiger partial charge in [-0.2, -0.15) is 0 Å². The van der Waals surface area contributed by atoms with Gasteiger partial charge in [0, 0.05) is 17.7 Å². The summed E-state index contributed by atoms with van der Waals surface area (Å²) in [6.45, 7) is 0.244. The van der Waals surface area contributed by atoms with Crippen molar-refractivity contribution in [3.8, 4) is 0 Å². The lowest BCUT2D eigenvalue weighted by atomic mass is 10.1. The lowest BCUT2D eigenvalue weighted by Gasteiger charge is -2.03. The largest absolute Gasteiger partial charge is 0.478 e. The van der Waals surface area contributed by atoms with Crippen LogP contribution in [0.15, 0.2) is 47.1 Å². The average Bonchev–Trinajstić information content (AvgIpc) is 2.96. The fourth-order valence-corrected chi connectivity index (χ4v) is 1.55. The number of amides is 1. The van der Waals surface area contributed by atoms with E-state index in [1.807, 2.05) is 0 Å². The molecule has 0 aliphatic carbocycles. The van der Waals surface area contributed by atoms with Crippen LogP contribution in [-0.2, 0) is 11.3 Å².